The van der Waals surface area contributed by atoms with Crippen molar-refractivity contribution in [2.75, 3.05) is 10.8 Å². The Morgan fingerprint density at radius 2 is 1.74 bits per heavy atom. The van der Waals surface area contributed by atoms with Gasteiger partial charge in [-0.3, -0.25) is 14.4 Å². The maximum atomic E-state index is 12.8. The van der Waals surface area contributed by atoms with Crippen molar-refractivity contribution in [1.82, 2.24) is 0 Å². The zero-order valence-electron chi connectivity index (χ0n) is 13.0. The third-order valence-corrected chi connectivity index (χ3v) is 5.44. The molecule has 122 valence electrons. The van der Waals surface area contributed by atoms with Gasteiger partial charge in [0, 0.05) is 18.7 Å². The largest absolute Gasteiger partial charge is 0.270 e. The molecule has 0 bridgehead atoms. The molecule has 0 amide bonds. The first-order valence-corrected chi connectivity index (χ1v) is 8.70. The molecular weight excluding hydrogens is 316 g/mol. The zero-order chi connectivity index (χ0) is 17.0. The Labute approximate surface area is 135 Å². The molecule has 0 heterocycles. The maximum absolute atomic E-state index is 12.8. The maximum Gasteiger partial charge on any atom is 0.270 e. The monoisotopic (exact) mass is 334 g/mol. The normalized spacial score (nSPS) is 11.2. The summed E-state index contributed by atoms with van der Waals surface area (Å²) in [4.78, 5) is 10.2. The van der Waals surface area contributed by atoms with Crippen LogP contribution in [0.15, 0.2) is 53.4 Å². The van der Waals surface area contributed by atoms with Gasteiger partial charge in [0.25, 0.3) is 15.7 Å². The van der Waals surface area contributed by atoms with Crippen LogP contribution in [0.3, 0.4) is 0 Å². The van der Waals surface area contributed by atoms with Crippen molar-refractivity contribution in [2.45, 2.75) is 25.2 Å². The number of sulfonamides is 1. The quantitative estimate of drug-likeness (QED) is 0.599. The van der Waals surface area contributed by atoms with E-state index in [0.29, 0.717) is 5.69 Å². The fraction of sp³-hybridized carbons (Fsp3) is 0.250. The first kappa shape index (κ1) is 17.0. The van der Waals surface area contributed by atoms with Crippen molar-refractivity contribution < 1.29 is 13.3 Å². The van der Waals surface area contributed by atoms with E-state index in [9.17, 15) is 18.5 Å². The Kier molecular flexibility index (Phi) is 5.00. The summed E-state index contributed by atoms with van der Waals surface area (Å²) in [5, 5.41) is 10.9. The van der Waals surface area contributed by atoms with E-state index in [-0.39, 0.29) is 17.1 Å². The van der Waals surface area contributed by atoms with Crippen LogP contribution in [0.4, 0.5) is 11.4 Å². The molecule has 0 aliphatic carbocycles. The van der Waals surface area contributed by atoms with Crippen molar-refractivity contribution in [3.8, 4) is 0 Å². The van der Waals surface area contributed by atoms with E-state index in [2.05, 4.69) is 0 Å². The molecule has 0 spiro atoms. The predicted octanol–water partition coefficient (Wildman–Crippen LogP) is 3.37. The van der Waals surface area contributed by atoms with Gasteiger partial charge in [-0.25, -0.2) is 8.42 Å². The van der Waals surface area contributed by atoms with Gasteiger partial charge >= 0.3 is 0 Å². The third kappa shape index (κ3) is 3.50. The van der Waals surface area contributed by atoms with Crippen molar-refractivity contribution in [3.63, 3.8) is 0 Å². The molecule has 0 fully saturated rings. The molecule has 0 saturated carbocycles. The summed E-state index contributed by atoms with van der Waals surface area (Å²) in [5.74, 6) is 0. The highest BCUT2D eigenvalue weighted by Crippen LogP contribution is 2.26. The standard InChI is InChI=1S/C16H18N2O4S/c1-3-13-8-10-14(11-9-13)17(4-2)23(21,22)16-7-5-6-15(12-16)18(19)20/h5-12H,3-4H2,1-2H3. The molecular formula is C16H18N2O4S. The first-order valence-electron chi connectivity index (χ1n) is 7.26. The van der Waals surface area contributed by atoms with Crippen LogP contribution in [0.5, 0.6) is 0 Å². The molecule has 7 heteroatoms. The molecule has 0 saturated heterocycles. The second kappa shape index (κ2) is 6.78. The molecule has 6 nitrogen and oxygen atoms in total. The van der Waals surface area contributed by atoms with Gasteiger partial charge in [-0.2, -0.15) is 0 Å². The van der Waals surface area contributed by atoms with Crippen molar-refractivity contribution in [3.05, 3.63) is 64.2 Å². The van der Waals surface area contributed by atoms with E-state index >= 15 is 0 Å². The van der Waals surface area contributed by atoms with Gasteiger partial charge in [0.2, 0.25) is 0 Å². The summed E-state index contributed by atoms with van der Waals surface area (Å²) < 4.78 is 26.8. The summed E-state index contributed by atoms with van der Waals surface area (Å²) in [5.41, 5.74) is 1.40. The molecule has 2 aromatic carbocycles. The fourth-order valence-corrected chi connectivity index (χ4v) is 3.79. The second-order valence-corrected chi connectivity index (χ2v) is 6.81. The highest BCUT2D eigenvalue weighted by molar-refractivity contribution is 7.92. The van der Waals surface area contributed by atoms with E-state index in [1.807, 2.05) is 19.1 Å². The van der Waals surface area contributed by atoms with E-state index in [1.165, 1.54) is 22.5 Å². The van der Waals surface area contributed by atoms with E-state index in [4.69, 9.17) is 0 Å². The molecule has 0 atom stereocenters. The number of benzene rings is 2. The average Bonchev–Trinajstić information content (AvgIpc) is 2.56. The van der Waals surface area contributed by atoms with Gasteiger partial charge in [-0.05, 0) is 37.1 Å². The van der Waals surface area contributed by atoms with E-state index in [0.717, 1.165) is 18.1 Å². The number of nitro benzene ring substituents is 1. The minimum absolute atomic E-state index is 0.0897. The lowest BCUT2D eigenvalue weighted by molar-refractivity contribution is -0.385. The zero-order valence-corrected chi connectivity index (χ0v) is 13.8. The minimum atomic E-state index is -3.85. The van der Waals surface area contributed by atoms with Crippen LogP contribution in [-0.2, 0) is 16.4 Å². The minimum Gasteiger partial charge on any atom is -0.267 e. The van der Waals surface area contributed by atoms with Gasteiger partial charge in [0.05, 0.1) is 15.5 Å². The summed E-state index contributed by atoms with van der Waals surface area (Å²) in [6.07, 6.45) is 0.865. The number of anilines is 1. The Balaban J connectivity index is 2.46. The number of hydrogen-bond donors (Lipinski definition) is 0. The second-order valence-electron chi connectivity index (χ2n) is 4.94. The number of rotatable bonds is 6. The topological polar surface area (TPSA) is 80.5 Å². The van der Waals surface area contributed by atoms with Gasteiger partial charge in [-0.1, -0.05) is 25.1 Å². The SMILES string of the molecule is CCc1ccc(N(CC)S(=O)(=O)c2cccc([N+](=O)[O-])c2)cc1. The number of non-ortho nitro benzene ring substituents is 1. The summed E-state index contributed by atoms with van der Waals surface area (Å²) in [7, 11) is -3.85. The Bertz CT molecular complexity index is 801. The Morgan fingerprint density at radius 3 is 2.26 bits per heavy atom. The Morgan fingerprint density at radius 1 is 1.09 bits per heavy atom. The average molecular weight is 334 g/mol. The number of nitro groups is 1. The molecule has 0 radical (unpaired) electrons. The molecule has 0 N–H and O–H groups in total. The lowest BCUT2D eigenvalue weighted by Crippen LogP contribution is -2.30. The number of nitrogens with zero attached hydrogens (tertiary/aromatic N) is 2. The molecule has 23 heavy (non-hydrogen) atoms. The molecule has 2 rings (SSSR count). The van der Waals surface area contributed by atoms with Crippen LogP contribution in [0.2, 0.25) is 0 Å². The van der Waals surface area contributed by atoms with E-state index in [1.54, 1.807) is 19.1 Å². The molecule has 0 aromatic heterocycles. The predicted molar refractivity (Wildman–Crippen MR) is 89.1 cm³/mol. The smallest absolute Gasteiger partial charge is 0.267 e. The van der Waals surface area contributed by atoms with Gasteiger partial charge in [-0.15, -0.1) is 0 Å². The van der Waals surface area contributed by atoms with Gasteiger partial charge in [0.1, 0.15) is 0 Å². The van der Waals surface area contributed by atoms with Crippen molar-refractivity contribution >= 4 is 21.4 Å². The van der Waals surface area contributed by atoms with Crippen molar-refractivity contribution in [1.29, 1.82) is 0 Å². The van der Waals surface area contributed by atoms with Crippen LogP contribution in [0.1, 0.15) is 19.4 Å². The lowest BCUT2D eigenvalue weighted by Gasteiger charge is -2.23. The highest BCUT2D eigenvalue weighted by atomic mass is 32.2. The molecule has 2 aromatic rings. The molecule has 0 aliphatic rings. The molecule has 0 aliphatic heterocycles. The van der Waals surface area contributed by atoms with Crippen LogP contribution >= 0.6 is 0 Å². The number of aryl methyl sites for hydroxylation is 1. The highest BCUT2D eigenvalue weighted by Gasteiger charge is 2.25. The molecule has 0 unspecified atom stereocenters. The van der Waals surface area contributed by atoms with Crippen LogP contribution in [0.25, 0.3) is 0 Å². The number of hydrogen-bond acceptors (Lipinski definition) is 4. The van der Waals surface area contributed by atoms with Crippen LogP contribution in [0, 0.1) is 10.1 Å². The fourth-order valence-electron chi connectivity index (χ4n) is 2.27. The summed E-state index contributed by atoms with van der Waals surface area (Å²) in [6, 6.07) is 12.3. The van der Waals surface area contributed by atoms with Gasteiger partial charge in [0.15, 0.2) is 0 Å². The van der Waals surface area contributed by atoms with Crippen LogP contribution < -0.4 is 4.31 Å². The summed E-state index contributed by atoms with van der Waals surface area (Å²) >= 11 is 0. The Hall–Kier alpha value is -2.41. The van der Waals surface area contributed by atoms with Crippen molar-refractivity contribution in [2.24, 2.45) is 0 Å². The van der Waals surface area contributed by atoms with Gasteiger partial charge < -0.3 is 0 Å². The van der Waals surface area contributed by atoms with Crippen LogP contribution in [-0.4, -0.2) is 19.9 Å². The third-order valence-electron chi connectivity index (χ3n) is 3.54. The summed E-state index contributed by atoms with van der Waals surface area (Å²) in [6.45, 7) is 3.98. The van der Waals surface area contributed by atoms with E-state index < -0.39 is 14.9 Å². The first-order chi connectivity index (χ1) is 10.9. The lowest BCUT2D eigenvalue weighted by atomic mass is 10.1.